The monoisotopic (exact) mass is 364 g/mol. The number of carbonyl (C=O) groups is 2. The van der Waals surface area contributed by atoms with Crippen molar-refractivity contribution in [3.63, 3.8) is 0 Å². The van der Waals surface area contributed by atoms with Gasteiger partial charge in [0.15, 0.2) is 0 Å². The molecule has 0 spiro atoms. The van der Waals surface area contributed by atoms with E-state index in [2.05, 4.69) is 4.74 Å². The van der Waals surface area contributed by atoms with Gasteiger partial charge in [-0.15, -0.1) is 0 Å². The van der Waals surface area contributed by atoms with Crippen molar-refractivity contribution < 1.29 is 45.8 Å². The fourth-order valence-electron chi connectivity index (χ4n) is 1.50. The Morgan fingerprint density at radius 1 is 1.09 bits per heavy atom. The normalized spacial score (nSPS) is 12.9. The van der Waals surface area contributed by atoms with Crippen LogP contribution < -0.4 is 4.74 Å². The summed E-state index contributed by atoms with van der Waals surface area (Å²) in [5.74, 6) is -25.6. The first kappa shape index (κ1) is 19.1. The van der Waals surface area contributed by atoms with Gasteiger partial charge in [-0.2, -0.15) is 26.3 Å². The number of benzene rings is 1. The van der Waals surface area contributed by atoms with Gasteiger partial charge in [-0.25, -0.2) is 4.79 Å². The van der Waals surface area contributed by atoms with Crippen molar-refractivity contribution in [1.29, 1.82) is 0 Å². The first-order chi connectivity index (χ1) is 10.3. The van der Waals surface area contributed by atoms with E-state index < -0.39 is 40.8 Å². The van der Waals surface area contributed by atoms with E-state index in [1.54, 1.807) is 0 Å². The van der Waals surface area contributed by atoms with Crippen LogP contribution in [0.3, 0.4) is 0 Å². The first-order valence-electron chi connectivity index (χ1n) is 5.56. The number of methoxy groups -OCH3 is 1. The average Bonchev–Trinajstić information content (AvgIpc) is 2.45. The Labute approximate surface area is 129 Å². The van der Waals surface area contributed by atoms with Gasteiger partial charge in [-0.3, -0.25) is 4.79 Å². The van der Waals surface area contributed by atoms with E-state index in [-0.39, 0.29) is 5.02 Å². The molecule has 0 heterocycles. The molecule has 0 aromatic heterocycles. The SMILES string of the molecule is COc1ccc(Cl)cc1C(=O)C(F)(F)C(F)(F)C(F)(F)C(=O)O. The lowest BCUT2D eigenvalue weighted by atomic mass is 9.95. The number of ketones is 1. The Morgan fingerprint density at radius 2 is 1.61 bits per heavy atom. The Bertz CT molecular complexity index is 646. The topological polar surface area (TPSA) is 63.6 Å². The zero-order chi connectivity index (χ0) is 18.2. The molecule has 1 rings (SSSR count). The van der Waals surface area contributed by atoms with Crippen molar-refractivity contribution in [2.75, 3.05) is 7.11 Å². The lowest BCUT2D eigenvalue weighted by Gasteiger charge is -2.29. The van der Waals surface area contributed by atoms with Gasteiger partial charge < -0.3 is 9.84 Å². The third-order valence-electron chi connectivity index (χ3n) is 2.75. The third-order valence-corrected chi connectivity index (χ3v) is 2.98. The van der Waals surface area contributed by atoms with Gasteiger partial charge in [0, 0.05) is 5.02 Å². The highest BCUT2D eigenvalue weighted by atomic mass is 35.5. The summed E-state index contributed by atoms with van der Waals surface area (Å²) in [6.45, 7) is 0. The fraction of sp³-hybridized carbons (Fsp3) is 0.333. The zero-order valence-corrected chi connectivity index (χ0v) is 11.8. The fourth-order valence-corrected chi connectivity index (χ4v) is 1.67. The highest BCUT2D eigenvalue weighted by Gasteiger charge is 2.78. The number of rotatable bonds is 6. The van der Waals surface area contributed by atoms with Crippen LogP contribution in [-0.2, 0) is 4.79 Å². The molecule has 0 atom stereocenters. The molecule has 11 heteroatoms. The number of alkyl halides is 6. The summed E-state index contributed by atoms with van der Waals surface area (Å²) in [6.07, 6.45) is 0. The molecule has 0 saturated heterocycles. The minimum Gasteiger partial charge on any atom is -0.496 e. The molecule has 0 fully saturated rings. The molecule has 0 bridgehead atoms. The van der Waals surface area contributed by atoms with Crippen LogP contribution in [0, 0.1) is 0 Å². The number of hydrogen-bond acceptors (Lipinski definition) is 3. The minimum atomic E-state index is -6.49. The highest BCUT2D eigenvalue weighted by molar-refractivity contribution is 6.31. The molecule has 0 unspecified atom stereocenters. The second-order valence-corrected chi connectivity index (χ2v) is 4.64. The molecule has 1 aromatic carbocycles. The van der Waals surface area contributed by atoms with Crippen LogP contribution in [0.5, 0.6) is 5.75 Å². The van der Waals surface area contributed by atoms with Crippen LogP contribution in [0.1, 0.15) is 10.4 Å². The lowest BCUT2D eigenvalue weighted by Crippen LogP contribution is -2.61. The molecule has 0 aliphatic carbocycles. The largest absolute Gasteiger partial charge is 0.496 e. The molecule has 0 amide bonds. The van der Waals surface area contributed by atoms with Crippen LogP contribution in [0.2, 0.25) is 5.02 Å². The number of carbonyl (C=O) groups excluding carboxylic acids is 1. The summed E-state index contributed by atoms with van der Waals surface area (Å²) in [7, 11) is 0.905. The van der Waals surface area contributed by atoms with Crippen molar-refractivity contribution in [1.82, 2.24) is 0 Å². The summed E-state index contributed by atoms with van der Waals surface area (Å²) in [5.41, 5.74) is -1.20. The second kappa shape index (κ2) is 5.91. The summed E-state index contributed by atoms with van der Waals surface area (Å²) in [5, 5.41) is 7.68. The standard InChI is InChI=1S/C12H7ClF6O4/c1-23-7-3-2-5(13)4-6(7)8(20)10(14,15)12(18,19)11(16,17)9(21)22/h2-4H,1H3,(H,21,22). The maximum atomic E-state index is 13.6. The molecule has 1 N–H and O–H groups in total. The van der Waals surface area contributed by atoms with Crippen LogP contribution in [0.15, 0.2) is 18.2 Å². The van der Waals surface area contributed by atoms with Gasteiger partial charge in [0.1, 0.15) is 5.75 Å². The van der Waals surface area contributed by atoms with Gasteiger partial charge in [0.2, 0.25) is 5.78 Å². The van der Waals surface area contributed by atoms with Gasteiger partial charge in [0.25, 0.3) is 0 Å². The molecular formula is C12H7ClF6O4. The van der Waals surface area contributed by atoms with Crippen LogP contribution in [0.25, 0.3) is 0 Å². The number of ether oxygens (including phenoxy) is 1. The molecular weight excluding hydrogens is 358 g/mol. The molecule has 0 radical (unpaired) electrons. The second-order valence-electron chi connectivity index (χ2n) is 4.20. The predicted molar refractivity (Wildman–Crippen MR) is 64.8 cm³/mol. The number of Topliss-reactive ketones (excluding diaryl/α,β-unsaturated/α-hetero) is 1. The third kappa shape index (κ3) is 2.94. The zero-order valence-electron chi connectivity index (χ0n) is 11.0. The first-order valence-corrected chi connectivity index (χ1v) is 5.93. The summed E-state index contributed by atoms with van der Waals surface area (Å²) in [6, 6.07) is 2.45. The van der Waals surface area contributed by atoms with E-state index in [1.165, 1.54) is 0 Å². The van der Waals surface area contributed by atoms with E-state index in [0.717, 1.165) is 19.2 Å². The van der Waals surface area contributed by atoms with Gasteiger partial charge in [0.05, 0.1) is 12.7 Å². The Hall–Kier alpha value is -1.97. The summed E-state index contributed by atoms with van der Waals surface area (Å²) in [4.78, 5) is 21.7. The molecule has 1 aromatic rings. The lowest BCUT2D eigenvalue weighted by molar-refractivity contribution is -0.285. The maximum absolute atomic E-state index is 13.6. The molecule has 128 valence electrons. The smallest absolute Gasteiger partial charge is 0.411 e. The molecule has 0 aliphatic rings. The van der Waals surface area contributed by atoms with Crippen molar-refractivity contribution in [2.24, 2.45) is 0 Å². The molecule has 4 nitrogen and oxygen atoms in total. The summed E-state index contributed by atoms with van der Waals surface area (Å²) < 4.78 is 84.3. The van der Waals surface area contributed by atoms with Crippen LogP contribution in [-0.4, -0.2) is 41.7 Å². The van der Waals surface area contributed by atoms with Crippen LogP contribution >= 0.6 is 11.6 Å². The van der Waals surface area contributed by atoms with E-state index in [0.29, 0.717) is 6.07 Å². The number of halogens is 7. The van der Waals surface area contributed by atoms with E-state index in [4.69, 9.17) is 16.7 Å². The van der Waals surface area contributed by atoms with E-state index in [9.17, 15) is 35.9 Å². The van der Waals surface area contributed by atoms with Crippen molar-refractivity contribution in [2.45, 2.75) is 17.8 Å². The molecule has 0 aliphatic heterocycles. The van der Waals surface area contributed by atoms with Gasteiger partial charge in [-0.1, -0.05) is 11.6 Å². The Morgan fingerprint density at radius 3 is 2.04 bits per heavy atom. The van der Waals surface area contributed by atoms with Gasteiger partial charge >= 0.3 is 23.7 Å². The Kier molecular flexibility index (Phi) is 4.90. The van der Waals surface area contributed by atoms with Crippen LogP contribution in [0.4, 0.5) is 26.3 Å². The van der Waals surface area contributed by atoms with Gasteiger partial charge in [-0.05, 0) is 18.2 Å². The average molecular weight is 365 g/mol. The maximum Gasteiger partial charge on any atom is 0.411 e. The Balaban J connectivity index is 3.46. The molecule has 0 saturated carbocycles. The number of hydrogen-bond donors (Lipinski definition) is 1. The molecule has 23 heavy (non-hydrogen) atoms. The van der Waals surface area contributed by atoms with E-state index in [1.807, 2.05) is 0 Å². The minimum absolute atomic E-state index is 0.335. The van der Waals surface area contributed by atoms with Crippen molar-refractivity contribution in [3.8, 4) is 5.75 Å². The number of carboxylic acids is 1. The number of carboxylic acid groups (broad SMARTS) is 1. The highest BCUT2D eigenvalue weighted by Crippen LogP contribution is 2.48. The van der Waals surface area contributed by atoms with E-state index >= 15 is 0 Å². The quantitative estimate of drug-likeness (QED) is 0.619. The number of aliphatic carboxylic acids is 1. The summed E-state index contributed by atoms with van der Waals surface area (Å²) >= 11 is 5.44. The van der Waals surface area contributed by atoms with Crippen molar-refractivity contribution >= 4 is 23.4 Å². The van der Waals surface area contributed by atoms with Crippen molar-refractivity contribution in [3.05, 3.63) is 28.8 Å². The predicted octanol–water partition coefficient (Wildman–Crippen LogP) is 3.52.